The first kappa shape index (κ1) is 14.8. The fraction of sp³-hybridized carbons (Fsp3) is 0.231. The van der Waals surface area contributed by atoms with Gasteiger partial charge in [-0.15, -0.1) is 12.4 Å². The molecule has 0 aliphatic carbocycles. The van der Waals surface area contributed by atoms with Crippen molar-refractivity contribution in [1.82, 2.24) is 0 Å². The quantitative estimate of drug-likeness (QED) is 0.906. The molecule has 2 rings (SSSR count). The van der Waals surface area contributed by atoms with Crippen LogP contribution in [0.3, 0.4) is 0 Å². The van der Waals surface area contributed by atoms with Crippen LogP contribution in [0.15, 0.2) is 35.0 Å². The Balaban J connectivity index is 0.00000162. The van der Waals surface area contributed by atoms with E-state index in [1.807, 2.05) is 29.8 Å². The third kappa shape index (κ3) is 3.16. The highest BCUT2D eigenvalue weighted by molar-refractivity contribution is 7.08. The molecule has 98 valence electrons. The lowest BCUT2D eigenvalue weighted by molar-refractivity contribution is 0.317. The van der Waals surface area contributed by atoms with E-state index in [2.05, 4.69) is 0 Å². The molecular weight excluding hydrogens is 270 g/mol. The lowest BCUT2D eigenvalue weighted by Crippen LogP contribution is -2.10. The fourth-order valence-corrected chi connectivity index (χ4v) is 2.34. The molecule has 1 aromatic heterocycles. The third-order valence-corrected chi connectivity index (χ3v) is 3.25. The summed E-state index contributed by atoms with van der Waals surface area (Å²) in [4.78, 5) is 0. The van der Waals surface area contributed by atoms with Crippen LogP contribution in [-0.2, 0) is 0 Å². The standard InChI is InChI=1S/C13H15NO2S.ClH/c1-2-16-12-7-9(3-4-11(12)15)13(14)10-5-6-17-8-10;/h3-8,13,15H,2,14H2,1H3;1H/t13-;/m1./s1. The van der Waals surface area contributed by atoms with Gasteiger partial charge in [-0.05, 0) is 47.0 Å². The number of aromatic hydroxyl groups is 1. The number of halogens is 1. The number of hydrogen-bond donors (Lipinski definition) is 2. The van der Waals surface area contributed by atoms with Gasteiger partial charge in [-0.2, -0.15) is 11.3 Å². The Hall–Kier alpha value is -1.23. The number of phenols is 1. The number of thiophene rings is 1. The van der Waals surface area contributed by atoms with Crippen molar-refractivity contribution in [3.63, 3.8) is 0 Å². The summed E-state index contributed by atoms with van der Waals surface area (Å²) in [5.74, 6) is 0.629. The van der Waals surface area contributed by atoms with E-state index in [1.54, 1.807) is 23.5 Å². The van der Waals surface area contributed by atoms with E-state index >= 15 is 0 Å². The summed E-state index contributed by atoms with van der Waals surface area (Å²) in [6.07, 6.45) is 0. The summed E-state index contributed by atoms with van der Waals surface area (Å²) in [6, 6.07) is 7.05. The van der Waals surface area contributed by atoms with Crippen molar-refractivity contribution < 1.29 is 9.84 Å². The molecule has 3 nitrogen and oxygen atoms in total. The molecule has 0 saturated carbocycles. The number of rotatable bonds is 4. The second-order valence-electron chi connectivity index (χ2n) is 3.69. The summed E-state index contributed by atoms with van der Waals surface area (Å²) < 4.78 is 5.34. The maximum atomic E-state index is 9.61. The van der Waals surface area contributed by atoms with Gasteiger partial charge in [-0.1, -0.05) is 6.07 Å². The van der Waals surface area contributed by atoms with Crippen LogP contribution < -0.4 is 10.5 Å². The third-order valence-electron chi connectivity index (χ3n) is 2.55. The Bertz CT molecular complexity index is 488. The van der Waals surface area contributed by atoms with Gasteiger partial charge in [0.2, 0.25) is 0 Å². The molecule has 0 bridgehead atoms. The molecule has 1 aromatic carbocycles. The number of phenolic OH excluding ortho intramolecular Hbond substituents is 1. The highest BCUT2D eigenvalue weighted by atomic mass is 35.5. The fourth-order valence-electron chi connectivity index (χ4n) is 1.64. The maximum Gasteiger partial charge on any atom is 0.161 e. The average molecular weight is 286 g/mol. The zero-order valence-electron chi connectivity index (χ0n) is 10.00. The van der Waals surface area contributed by atoms with Crippen LogP contribution in [-0.4, -0.2) is 11.7 Å². The van der Waals surface area contributed by atoms with Gasteiger partial charge in [0.15, 0.2) is 11.5 Å². The van der Waals surface area contributed by atoms with Crippen LogP contribution in [0.1, 0.15) is 24.1 Å². The largest absolute Gasteiger partial charge is 0.504 e. The predicted molar refractivity (Wildman–Crippen MR) is 76.9 cm³/mol. The average Bonchev–Trinajstić information content (AvgIpc) is 2.85. The number of nitrogens with two attached hydrogens (primary N) is 1. The first-order valence-electron chi connectivity index (χ1n) is 5.45. The van der Waals surface area contributed by atoms with Gasteiger partial charge in [-0.25, -0.2) is 0 Å². The Morgan fingerprint density at radius 2 is 2.11 bits per heavy atom. The van der Waals surface area contributed by atoms with Crippen molar-refractivity contribution in [1.29, 1.82) is 0 Å². The van der Waals surface area contributed by atoms with Crippen molar-refractivity contribution >= 4 is 23.7 Å². The molecule has 0 amide bonds. The van der Waals surface area contributed by atoms with Crippen molar-refractivity contribution in [2.45, 2.75) is 13.0 Å². The van der Waals surface area contributed by atoms with Crippen molar-refractivity contribution in [3.8, 4) is 11.5 Å². The first-order valence-corrected chi connectivity index (χ1v) is 6.40. The van der Waals surface area contributed by atoms with Gasteiger partial charge in [0, 0.05) is 0 Å². The zero-order valence-corrected chi connectivity index (χ0v) is 11.6. The van der Waals surface area contributed by atoms with Gasteiger partial charge < -0.3 is 15.6 Å². The molecule has 2 aromatic rings. The number of hydrogen-bond acceptors (Lipinski definition) is 4. The Kier molecular flexibility index (Phi) is 5.47. The Labute approximate surface area is 117 Å². The minimum Gasteiger partial charge on any atom is -0.504 e. The van der Waals surface area contributed by atoms with E-state index in [4.69, 9.17) is 10.5 Å². The van der Waals surface area contributed by atoms with E-state index in [0.717, 1.165) is 11.1 Å². The molecule has 0 spiro atoms. The lowest BCUT2D eigenvalue weighted by Gasteiger charge is -2.13. The van der Waals surface area contributed by atoms with Gasteiger partial charge in [-0.3, -0.25) is 0 Å². The Morgan fingerprint density at radius 3 is 2.72 bits per heavy atom. The SMILES string of the molecule is CCOc1cc([C@@H](N)c2ccsc2)ccc1O.Cl. The second kappa shape index (κ2) is 6.64. The minimum atomic E-state index is -0.180. The molecule has 1 heterocycles. The van der Waals surface area contributed by atoms with Crippen LogP contribution in [0.2, 0.25) is 0 Å². The molecule has 5 heteroatoms. The number of ether oxygens (including phenoxy) is 1. The van der Waals surface area contributed by atoms with Gasteiger partial charge in [0.25, 0.3) is 0 Å². The van der Waals surface area contributed by atoms with Gasteiger partial charge in [0.05, 0.1) is 12.6 Å². The van der Waals surface area contributed by atoms with Crippen molar-refractivity contribution in [2.24, 2.45) is 5.73 Å². The number of benzene rings is 1. The Morgan fingerprint density at radius 1 is 1.33 bits per heavy atom. The highest BCUT2D eigenvalue weighted by Gasteiger charge is 2.12. The molecule has 0 aliphatic rings. The molecule has 0 unspecified atom stereocenters. The molecule has 0 radical (unpaired) electrons. The predicted octanol–water partition coefficient (Wildman–Crippen LogP) is 3.32. The summed E-state index contributed by atoms with van der Waals surface area (Å²) in [5, 5.41) is 13.6. The molecular formula is C13H16ClNO2S. The topological polar surface area (TPSA) is 55.5 Å². The van der Waals surface area contributed by atoms with E-state index < -0.39 is 0 Å². The van der Waals surface area contributed by atoms with Crippen LogP contribution in [0.4, 0.5) is 0 Å². The van der Waals surface area contributed by atoms with Crippen molar-refractivity contribution in [3.05, 3.63) is 46.2 Å². The zero-order chi connectivity index (χ0) is 12.3. The molecule has 1 atom stereocenters. The summed E-state index contributed by atoms with van der Waals surface area (Å²) in [6.45, 7) is 2.40. The van der Waals surface area contributed by atoms with Gasteiger partial charge in [0.1, 0.15) is 0 Å². The van der Waals surface area contributed by atoms with Crippen LogP contribution in [0, 0.1) is 0 Å². The van der Waals surface area contributed by atoms with Crippen LogP contribution >= 0.6 is 23.7 Å². The second-order valence-corrected chi connectivity index (χ2v) is 4.47. The monoisotopic (exact) mass is 285 g/mol. The normalized spacial score (nSPS) is 11.7. The molecule has 0 saturated heterocycles. The van der Waals surface area contributed by atoms with Crippen molar-refractivity contribution in [2.75, 3.05) is 6.61 Å². The first-order chi connectivity index (χ1) is 8.22. The molecule has 3 N–H and O–H groups in total. The summed E-state index contributed by atoms with van der Waals surface area (Å²) >= 11 is 1.62. The smallest absolute Gasteiger partial charge is 0.161 e. The minimum absolute atomic E-state index is 0. The highest BCUT2D eigenvalue weighted by Crippen LogP contribution is 2.31. The van der Waals surface area contributed by atoms with E-state index in [9.17, 15) is 5.11 Å². The molecule has 18 heavy (non-hydrogen) atoms. The lowest BCUT2D eigenvalue weighted by atomic mass is 10.0. The van der Waals surface area contributed by atoms with Crippen LogP contribution in [0.5, 0.6) is 11.5 Å². The van der Waals surface area contributed by atoms with Gasteiger partial charge >= 0.3 is 0 Å². The van der Waals surface area contributed by atoms with Crippen LogP contribution in [0.25, 0.3) is 0 Å². The van der Waals surface area contributed by atoms with E-state index in [0.29, 0.717) is 12.4 Å². The summed E-state index contributed by atoms with van der Waals surface area (Å²) in [5.41, 5.74) is 8.15. The maximum absolute atomic E-state index is 9.61. The molecule has 0 fully saturated rings. The van der Waals surface area contributed by atoms with E-state index in [1.165, 1.54) is 0 Å². The summed E-state index contributed by atoms with van der Waals surface area (Å²) in [7, 11) is 0. The van der Waals surface area contributed by atoms with E-state index in [-0.39, 0.29) is 24.2 Å². The molecule has 0 aliphatic heterocycles.